The topological polar surface area (TPSA) is 76.0 Å². The highest BCUT2D eigenvalue weighted by Crippen LogP contribution is 2.42. The van der Waals surface area contributed by atoms with Gasteiger partial charge in [-0.25, -0.2) is 4.79 Å². The lowest BCUT2D eigenvalue weighted by Gasteiger charge is -2.16. The number of alkyl halides is 3. The van der Waals surface area contributed by atoms with Crippen molar-refractivity contribution in [3.05, 3.63) is 77.9 Å². The summed E-state index contributed by atoms with van der Waals surface area (Å²) in [5.74, 6) is -1.73. The normalized spacial score (nSPS) is 11.2. The van der Waals surface area contributed by atoms with Gasteiger partial charge in [-0.3, -0.25) is 0 Å². The van der Waals surface area contributed by atoms with E-state index in [4.69, 9.17) is 14.6 Å². The highest BCUT2D eigenvalue weighted by atomic mass is 19.4. The van der Waals surface area contributed by atoms with Crippen LogP contribution in [0.2, 0.25) is 0 Å². The van der Waals surface area contributed by atoms with E-state index in [1.54, 1.807) is 0 Å². The number of benzene rings is 3. The summed E-state index contributed by atoms with van der Waals surface area (Å²) in [5.41, 5.74) is 0.818. The molecule has 0 aliphatic carbocycles. The maximum absolute atomic E-state index is 12.8. The van der Waals surface area contributed by atoms with Crippen LogP contribution in [-0.2, 0) is 17.6 Å². The number of halogens is 3. The fourth-order valence-corrected chi connectivity index (χ4v) is 2.73. The molecule has 3 aromatic carbocycles. The zero-order valence-corrected chi connectivity index (χ0v) is 15.5. The van der Waals surface area contributed by atoms with Gasteiger partial charge in [0.25, 0.3) is 0 Å². The van der Waals surface area contributed by atoms with Crippen molar-refractivity contribution in [2.24, 2.45) is 0 Å². The fourth-order valence-electron chi connectivity index (χ4n) is 2.73. The summed E-state index contributed by atoms with van der Waals surface area (Å²) >= 11 is 0. The van der Waals surface area contributed by atoms with Crippen molar-refractivity contribution in [3.63, 3.8) is 0 Å². The number of aromatic hydroxyl groups is 1. The Morgan fingerprint density at radius 3 is 2.17 bits per heavy atom. The number of hydrogen-bond acceptors (Lipinski definition) is 4. The van der Waals surface area contributed by atoms with E-state index < -0.39 is 30.1 Å². The van der Waals surface area contributed by atoms with Crippen LogP contribution in [0.5, 0.6) is 17.2 Å². The summed E-state index contributed by atoms with van der Waals surface area (Å²) in [5, 5.41) is 19.2. The van der Waals surface area contributed by atoms with Crippen LogP contribution in [0.3, 0.4) is 0 Å². The number of hydrogen-bond donors (Lipinski definition) is 2. The highest BCUT2D eigenvalue weighted by Gasteiger charge is 2.30. The van der Waals surface area contributed by atoms with Crippen LogP contribution < -0.4 is 9.47 Å². The van der Waals surface area contributed by atoms with E-state index in [0.29, 0.717) is 11.1 Å². The largest absolute Gasteiger partial charge is 0.504 e. The molecule has 0 aromatic heterocycles. The maximum atomic E-state index is 12.8. The first-order valence-corrected chi connectivity index (χ1v) is 8.80. The summed E-state index contributed by atoms with van der Waals surface area (Å²) in [6.45, 7) is -0.588. The lowest BCUT2D eigenvalue weighted by Crippen LogP contribution is -2.10. The van der Waals surface area contributed by atoms with Crippen molar-refractivity contribution in [1.82, 2.24) is 0 Å². The van der Waals surface area contributed by atoms with E-state index in [0.717, 1.165) is 17.7 Å². The van der Waals surface area contributed by atoms with Gasteiger partial charge in [-0.2, -0.15) is 13.2 Å². The van der Waals surface area contributed by atoms with E-state index in [-0.39, 0.29) is 18.1 Å². The second kappa shape index (κ2) is 8.77. The van der Waals surface area contributed by atoms with Crippen molar-refractivity contribution in [1.29, 1.82) is 0 Å². The molecule has 0 unspecified atom stereocenters. The molecule has 0 amide bonds. The molecule has 0 aliphatic rings. The van der Waals surface area contributed by atoms with Crippen molar-refractivity contribution < 1.29 is 37.7 Å². The fraction of sp³-hybridized carbons (Fsp3) is 0.136. The van der Waals surface area contributed by atoms with E-state index >= 15 is 0 Å². The van der Waals surface area contributed by atoms with Gasteiger partial charge in [0, 0.05) is 0 Å². The molecule has 156 valence electrons. The van der Waals surface area contributed by atoms with Crippen LogP contribution >= 0.6 is 0 Å². The van der Waals surface area contributed by atoms with Crippen molar-refractivity contribution in [3.8, 4) is 28.4 Å². The van der Waals surface area contributed by atoms with Gasteiger partial charge in [0.1, 0.15) is 6.61 Å². The van der Waals surface area contributed by atoms with Gasteiger partial charge < -0.3 is 19.7 Å². The molecule has 5 nitrogen and oxygen atoms in total. The van der Waals surface area contributed by atoms with Crippen LogP contribution in [0, 0.1) is 0 Å². The lowest BCUT2D eigenvalue weighted by atomic mass is 10.0. The van der Waals surface area contributed by atoms with E-state index in [9.17, 15) is 23.1 Å². The van der Waals surface area contributed by atoms with Crippen LogP contribution in [-0.4, -0.2) is 22.8 Å². The quantitative estimate of drug-likeness (QED) is 0.557. The molecule has 2 N–H and O–H groups in total. The Hall–Kier alpha value is -3.68. The third-order valence-corrected chi connectivity index (χ3v) is 4.16. The second-order valence-electron chi connectivity index (χ2n) is 6.35. The van der Waals surface area contributed by atoms with Crippen molar-refractivity contribution in [2.45, 2.75) is 12.8 Å². The smallest absolute Gasteiger partial charge is 0.416 e. The van der Waals surface area contributed by atoms with Gasteiger partial charge in [-0.1, -0.05) is 42.5 Å². The number of carbonyl (C=O) groups is 1. The first kappa shape index (κ1) is 21.0. The Morgan fingerprint density at radius 2 is 1.57 bits per heavy atom. The minimum Gasteiger partial charge on any atom is -0.504 e. The van der Waals surface area contributed by atoms with Crippen molar-refractivity contribution in [2.75, 3.05) is 6.61 Å². The molecule has 0 heterocycles. The first-order chi connectivity index (χ1) is 14.2. The molecule has 30 heavy (non-hydrogen) atoms. The molecule has 8 heteroatoms. The monoisotopic (exact) mass is 418 g/mol. The Bertz CT molecular complexity index is 1020. The predicted molar refractivity (Wildman–Crippen MR) is 102 cm³/mol. The predicted octanol–water partition coefficient (Wildman–Crippen LogP) is 5.12. The standard InChI is InChI=1S/C22H17F3O5/c23-22(24,25)17-8-6-15(7-9-17)16-10-18(26)21(30-13-20(27)28)19(11-16)29-12-14-4-2-1-3-5-14/h1-11,26H,12-13H2,(H,27,28). The summed E-state index contributed by atoms with van der Waals surface area (Å²) in [4.78, 5) is 10.8. The van der Waals surface area contributed by atoms with Crippen LogP contribution in [0.4, 0.5) is 13.2 Å². The average Bonchev–Trinajstić information content (AvgIpc) is 2.71. The summed E-state index contributed by atoms with van der Waals surface area (Å²) in [7, 11) is 0. The number of aliphatic carboxylic acids is 1. The van der Waals surface area contributed by atoms with Crippen LogP contribution in [0.25, 0.3) is 11.1 Å². The molecule has 3 rings (SSSR count). The van der Waals surface area contributed by atoms with Gasteiger partial charge in [0.2, 0.25) is 5.75 Å². The summed E-state index contributed by atoms with van der Waals surface area (Å²) in [6.07, 6.45) is -4.46. The van der Waals surface area contributed by atoms with Gasteiger partial charge in [0.15, 0.2) is 18.1 Å². The van der Waals surface area contributed by atoms with Gasteiger partial charge in [-0.05, 0) is 41.0 Å². The van der Waals surface area contributed by atoms with Gasteiger partial charge in [-0.15, -0.1) is 0 Å². The number of rotatable bonds is 7. The van der Waals surface area contributed by atoms with E-state index in [2.05, 4.69) is 0 Å². The molecule has 0 spiro atoms. The molecule has 3 aromatic rings. The summed E-state index contributed by atoms with van der Waals surface area (Å²) in [6, 6.07) is 16.3. The zero-order valence-electron chi connectivity index (χ0n) is 15.5. The molecule has 0 radical (unpaired) electrons. The highest BCUT2D eigenvalue weighted by molar-refractivity contribution is 5.72. The van der Waals surface area contributed by atoms with Gasteiger partial charge in [0.05, 0.1) is 5.56 Å². The van der Waals surface area contributed by atoms with E-state index in [1.807, 2.05) is 30.3 Å². The minimum absolute atomic E-state index is 0.0648. The van der Waals surface area contributed by atoms with Crippen LogP contribution in [0.1, 0.15) is 11.1 Å². The van der Waals surface area contributed by atoms with Gasteiger partial charge >= 0.3 is 12.1 Å². The molecule has 0 fully saturated rings. The second-order valence-corrected chi connectivity index (χ2v) is 6.35. The van der Waals surface area contributed by atoms with Crippen LogP contribution in [0.15, 0.2) is 66.7 Å². The minimum atomic E-state index is -4.46. The number of carboxylic acids is 1. The third kappa shape index (κ3) is 5.22. The van der Waals surface area contributed by atoms with Crippen molar-refractivity contribution >= 4 is 5.97 Å². The Balaban J connectivity index is 1.94. The maximum Gasteiger partial charge on any atom is 0.416 e. The average molecular weight is 418 g/mol. The molecule has 0 atom stereocenters. The number of phenolic OH excluding ortho intramolecular Hbond substituents is 1. The molecule has 0 saturated carbocycles. The zero-order chi connectivity index (χ0) is 21.7. The van der Waals surface area contributed by atoms with E-state index in [1.165, 1.54) is 24.3 Å². The third-order valence-electron chi connectivity index (χ3n) is 4.16. The Kier molecular flexibility index (Phi) is 6.15. The molecular weight excluding hydrogens is 401 g/mol. The number of ether oxygens (including phenoxy) is 2. The molecular formula is C22H17F3O5. The lowest BCUT2D eigenvalue weighted by molar-refractivity contribution is -0.139. The molecule has 0 saturated heterocycles. The molecule has 0 bridgehead atoms. The molecule has 0 aliphatic heterocycles. The summed E-state index contributed by atoms with van der Waals surface area (Å²) < 4.78 is 49.2. The Morgan fingerprint density at radius 1 is 0.900 bits per heavy atom. The first-order valence-electron chi connectivity index (χ1n) is 8.80. The number of carboxylic acid groups (broad SMARTS) is 1. The Labute approximate surface area is 169 Å². The SMILES string of the molecule is O=C(O)COc1c(O)cc(-c2ccc(C(F)(F)F)cc2)cc1OCc1ccccc1. The number of phenols is 1.